The van der Waals surface area contributed by atoms with Gasteiger partial charge in [0.15, 0.2) is 11.5 Å². The van der Waals surface area contributed by atoms with E-state index in [0.29, 0.717) is 49.7 Å². The van der Waals surface area contributed by atoms with E-state index < -0.39 is 0 Å². The van der Waals surface area contributed by atoms with Crippen molar-refractivity contribution in [1.29, 1.82) is 0 Å². The Labute approximate surface area is 168 Å². The molecule has 1 aliphatic rings. The molecule has 2 aromatic heterocycles. The van der Waals surface area contributed by atoms with Crippen molar-refractivity contribution in [1.82, 2.24) is 20.0 Å². The highest BCUT2D eigenvalue weighted by molar-refractivity contribution is 5.93. The van der Waals surface area contributed by atoms with Crippen LogP contribution in [-0.4, -0.2) is 65.1 Å². The summed E-state index contributed by atoms with van der Waals surface area (Å²) in [5, 5.41) is 6.93. The number of benzene rings is 1. The fourth-order valence-electron chi connectivity index (χ4n) is 3.38. The zero-order valence-corrected chi connectivity index (χ0v) is 16.1. The van der Waals surface area contributed by atoms with Crippen molar-refractivity contribution in [2.45, 2.75) is 6.42 Å². The number of methoxy groups -OCH3 is 1. The summed E-state index contributed by atoms with van der Waals surface area (Å²) in [5.74, 6) is 1.26. The van der Waals surface area contributed by atoms with Gasteiger partial charge in [0.25, 0.3) is 5.91 Å². The normalized spacial score (nSPS) is 14.1. The Morgan fingerprint density at radius 1 is 1.10 bits per heavy atom. The van der Waals surface area contributed by atoms with Gasteiger partial charge in [0.2, 0.25) is 5.91 Å². The Balaban J connectivity index is 1.33. The molecule has 1 aromatic carbocycles. The van der Waals surface area contributed by atoms with Gasteiger partial charge in [-0.2, -0.15) is 5.10 Å². The number of rotatable bonds is 5. The second kappa shape index (κ2) is 8.22. The van der Waals surface area contributed by atoms with Gasteiger partial charge in [-0.05, 0) is 29.8 Å². The smallest absolute Gasteiger partial charge is 0.274 e. The van der Waals surface area contributed by atoms with Crippen LogP contribution < -0.4 is 4.74 Å². The Morgan fingerprint density at radius 3 is 2.62 bits per heavy atom. The first-order valence-corrected chi connectivity index (χ1v) is 9.43. The lowest BCUT2D eigenvalue weighted by Gasteiger charge is -2.34. The summed E-state index contributed by atoms with van der Waals surface area (Å²) in [6.45, 7) is 1.96. The molecule has 0 unspecified atom stereocenters. The minimum atomic E-state index is -0.154. The largest absolute Gasteiger partial charge is 0.497 e. The minimum absolute atomic E-state index is 0.0465. The van der Waals surface area contributed by atoms with Crippen LogP contribution in [0.5, 0.6) is 5.75 Å². The van der Waals surface area contributed by atoms with E-state index in [1.54, 1.807) is 41.4 Å². The van der Waals surface area contributed by atoms with Crippen molar-refractivity contribution >= 4 is 11.8 Å². The topological polar surface area (TPSA) is 91.7 Å². The fourth-order valence-corrected chi connectivity index (χ4v) is 3.38. The van der Waals surface area contributed by atoms with E-state index in [0.717, 1.165) is 11.3 Å². The molecule has 0 bridgehead atoms. The lowest BCUT2D eigenvalue weighted by molar-refractivity contribution is -0.131. The maximum Gasteiger partial charge on any atom is 0.274 e. The summed E-state index contributed by atoms with van der Waals surface area (Å²) in [6.07, 6.45) is 1.89. The number of carbonyl (C=O) groups is 2. The number of nitrogens with zero attached hydrogens (tertiary/aromatic N) is 3. The first kappa shape index (κ1) is 18.8. The molecule has 0 aliphatic carbocycles. The highest BCUT2D eigenvalue weighted by atomic mass is 16.5. The van der Waals surface area contributed by atoms with E-state index in [2.05, 4.69) is 10.2 Å². The molecule has 0 atom stereocenters. The van der Waals surface area contributed by atoms with Crippen molar-refractivity contribution in [2.24, 2.45) is 0 Å². The summed E-state index contributed by atoms with van der Waals surface area (Å²) >= 11 is 0. The first-order chi connectivity index (χ1) is 14.1. The number of H-pyrrole nitrogens is 1. The third kappa shape index (κ3) is 4.16. The Kier molecular flexibility index (Phi) is 5.33. The number of amides is 2. The molecule has 0 saturated carbocycles. The summed E-state index contributed by atoms with van der Waals surface area (Å²) in [5.41, 5.74) is 1.91. The summed E-state index contributed by atoms with van der Waals surface area (Å²) < 4.78 is 10.5. The van der Waals surface area contributed by atoms with Crippen molar-refractivity contribution < 1.29 is 18.7 Å². The molecule has 0 radical (unpaired) electrons. The van der Waals surface area contributed by atoms with Crippen LogP contribution in [0.25, 0.3) is 11.5 Å². The Morgan fingerprint density at radius 2 is 1.90 bits per heavy atom. The fraction of sp³-hybridized carbons (Fsp3) is 0.286. The number of carbonyl (C=O) groups excluding carboxylic acids is 2. The molecule has 8 heteroatoms. The third-order valence-electron chi connectivity index (χ3n) is 4.99. The number of aromatic nitrogens is 2. The van der Waals surface area contributed by atoms with Gasteiger partial charge in [-0.1, -0.05) is 12.1 Å². The predicted molar refractivity (Wildman–Crippen MR) is 105 cm³/mol. The monoisotopic (exact) mass is 394 g/mol. The standard InChI is InChI=1S/C21H22N4O4/c1-28-16-5-2-4-15(12-16)13-20(26)24-7-9-25(10-8-24)21(27)18-14-17(22-23-18)19-6-3-11-29-19/h2-6,11-12,14H,7-10,13H2,1H3,(H,22,23). The van der Waals surface area contributed by atoms with Crippen molar-refractivity contribution in [2.75, 3.05) is 33.3 Å². The van der Waals surface area contributed by atoms with E-state index in [-0.39, 0.29) is 11.8 Å². The lowest BCUT2D eigenvalue weighted by Crippen LogP contribution is -2.51. The second-order valence-corrected chi connectivity index (χ2v) is 6.85. The molecule has 150 valence electrons. The number of piperazine rings is 1. The summed E-state index contributed by atoms with van der Waals surface area (Å²) in [7, 11) is 1.61. The van der Waals surface area contributed by atoms with E-state index in [1.165, 1.54) is 0 Å². The number of ether oxygens (including phenoxy) is 1. The molecule has 3 aromatic rings. The van der Waals surface area contributed by atoms with Crippen LogP contribution in [0.2, 0.25) is 0 Å². The quantitative estimate of drug-likeness (QED) is 0.716. The highest BCUT2D eigenvalue weighted by Gasteiger charge is 2.26. The average molecular weight is 394 g/mol. The summed E-state index contributed by atoms with van der Waals surface area (Å²) in [6, 6.07) is 12.8. The van der Waals surface area contributed by atoms with Gasteiger partial charge < -0.3 is 19.0 Å². The third-order valence-corrected chi connectivity index (χ3v) is 4.99. The highest BCUT2D eigenvalue weighted by Crippen LogP contribution is 2.19. The lowest BCUT2D eigenvalue weighted by atomic mass is 10.1. The molecule has 2 amide bonds. The molecule has 0 spiro atoms. The predicted octanol–water partition coefficient (Wildman–Crippen LogP) is 2.21. The van der Waals surface area contributed by atoms with E-state index in [1.807, 2.05) is 24.3 Å². The molecule has 3 heterocycles. The number of nitrogens with one attached hydrogen (secondary N) is 1. The van der Waals surface area contributed by atoms with E-state index >= 15 is 0 Å². The zero-order chi connectivity index (χ0) is 20.2. The SMILES string of the molecule is COc1cccc(CC(=O)N2CCN(C(=O)c3cc(-c4ccco4)[nH]n3)CC2)c1. The van der Waals surface area contributed by atoms with Gasteiger partial charge in [0.05, 0.1) is 19.8 Å². The maximum absolute atomic E-state index is 12.7. The van der Waals surface area contributed by atoms with Crippen LogP contribution in [0.3, 0.4) is 0 Å². The number of hydrogen-bond acceptors (Lipinski definition) is 5. The van der Waals surface area contributed by atoms with Crippen molar-refractivity contribution in [3.05, 3.63) is 60.0 Å². The van der Waals surface area contributed by atoms with Crippen LogP contribution in [0, 0.1) is 0 Å². The van der Waals surface area contributed by atoms with Gasteiger partial charge in [-0.15, -0.1) is 0 Å². The molecule has 29 heavy (non-hydrogen) atoms. The minimum Gasteiger partial charge on any atom is -0.497 e. The van der Waals surface area contributed by atoms with Gasteiger partial charge >= 0.3 is 0 Å². The van der Waals surface area contributed by atoms with Crippen LogP contribution in [0.15, 0.2) is 53.1 Å². The van der Waals surface area contributed by atoms with E-state index in [4.69, 9.17) is 9.15 Å². The number of furan rings is 1. The van der Waals surface area contributed by atoms with Gasteiger partial charge in [-0.25, -0.2) is 0 Å². The molecular weight excluding hydrogens is 372 g/mol. The van der Waals surface area contributed by atoms with Crippen LogP contribution in [-0.2, 0) is 11.2 Å². The average Bonchev–Trinajstić information content (AvgIpc) is 3.45. The van der Waals surface area contributed by atoms with Gasteiger partial charge in [0.1, 0.15) is 11.4 Å². The van der Waals surface area contributed by atoms with Crippen LogP contribution in [0.1, 0.15) is 16.1 Å². The molecule has 8 nitrogen and oxygen atoms in total. The Hall–Kier alpha value is -3.55. The number of aromatic amines is 1. The van der Waals surface area contributed by atoms with Gasteiger partial charge in [0, 0.05) is 32.2 Å². The molecular formula is C21H22N4O4. The Bertz CT molecular complexity index is 988. The van der Waals surface area contributed by atoms with Crippen LogP contribution in [0.4, 0.5) is 0 Å². The summed E-state index contributed by atoms with van der Waals surface area (Å²) in [4.78, 5) is 28.8. The molecule has 4 rings (SSSR count). The van der Waals surface area contributed by atoms with Gasteiger partial charge in [-0.3, -0.25) is 14.7 Å². The van der Waals surface area contributed by atoms with Crippen LogP contribution >= 0.6 is 0 Å². The molecule has 1 saturated heterocycles. The first-order valence-electron chi connectivity index (χ1n) is 9.43. The van der Waals surface area contributed by atoms with Crippen molar-refractivity contribution in [3.8, 4) is 17.2 Å². The van der Waals surface area contributed by atoms with E-state index in [9.17, 15) is 9.59 Å². The zero-order valence-electron chi connectivity index (χ0n) is 16.1. The second-order valence-electron chi connectivity index (χ2n) is 6.85. The van der Waals surface area contributed by atoms with Crippen molar-refractivity contribution in [3.63, 3.8) is 0 Å². The molecule has 1 N–H and O–H groups in total. The maximum atomic E-state index is 12.7. The molecule has 1 fully saturated rings. The number of hydrogen-bond donors (Lipinski definition) is 1. The molecule has 1 aliphatic heterocycles.